The molecule has 162 valence electrons. The number of carbonyl (C=O) groups is 1. The topological polar surface area (TPSA) is 71.0 Å². The van der Waals surface area contributed by atoms with Gasteiger partial charge in [0.25, 0.3) is 0 Å². The van der Waals surface area contributed by atoms with Gasteiger partial charge >= 0.3 is 0 Å². The minimum absolute atomic E-state index is 0.0323. The Morgan fingerprint density at radius 2 is 1.97 bits per heavy atom. The Morgan fingerprint density at radius 1 is 1.21 bits per heavy atom. The number of nitrogens with one attached hydrogen (secondary N) is 1. The minimum atomic E-state index is -4.34. The highest BCUT2D eigenvalue weighted by Crippen LogP contribution is 2.33. The Hall–Kier alpha value is -1.79. The molecule has 1 amide bonds. The lowest BCUT2D eigenvalue weighted by Gasteiger charge is -2.29. The summed E-state index contributed by atoms with van der Waals surface area (Å²) in [6.45, 7) is -2.13. The molecule has 0 bridgehead atoms. The first kappa shape index (κ1) is 9.56. The molecule has 0 unspecified atom stereocenters. The number of nitrogens with zero attached hydrogens (tertiary/aromatic N) is 1. The van der Waals surface area contributed by atoms with Crippen molar-refractivity contribution in [2.45, 2.75) is 70.1 Å². The maximum absolute atomic E-state index is 13.4. The molecule has 6 nitrogen and oxygen atoms in total. The van der Waals surface area contributed by atoms with Crippen LogP contribution in [0.1, 0.15) is 90.2 Å². The number of aliphatic hydroxyl groups is 1. The Labute approximate surface area is 195 Å². The summed E-state index contributed by atoms with van der Waals surface area (Å²) in [6.07, 6.45) is -25.0. The van der Waals surface area contributed by atoms with E-state index in [4.69, 9.17) is 30.0 Å². The van der Waals surface area contributed by atoms with E-state index in [1.54, 1.807) is 0 Å². The monoisotopic (exact) mass is 419 g/mol. The summed E-state index contributed by atoms with van der Waals surface area (Å²) in [5, 5.41) is 13.5. The fraction of sp³-hybridized carbons (Fsp3) is 0.696. The molecule has 1 saturated heterocycles. The van der Waals surface area contributed by atoms with E-state index in [2.05, 4.69) is 5.32 Å². The lowest BCUT2D eigenvalue weighted by Crippen LogP contribution is -2.46. The summed E-state index contributed by atoms with van der Waals surface area (Å²) in [4.78, 5) is 15.3. The van der Waals surface area contributed by atoms with Gasteiger partial charge in [0.15, 0.2) is 11.5 Å². The van der Waals surface area contributed by atoms with Crippen molar-refractivity contribution in [3.8, 4) is 11.5 Å². The first-order chi connectivity index (χ1) is 19.8. The normalized spacial score (nSPS) is 29.5. The van der Waals surface area contributed by atoms with Crippen LogP contribution in [-0.4, -0.2) is 54.8 Å². The Balaban J connectivity index is 1.96. The van der Waals surface area contributed by atoms with Crippen molar-refractivity contribution in [2.75, 3.05) is 32.8 Å². The molecule has 2 aliphatic rings. The summed E-state index contributed by atoms with van der Waals surface area (Å²) >= 11 is 0. The van der Waals surface area contributed by atoms with Gasteiger partial charge in [-0.1, -0.05) is 38.4 Å². The van der Waals surface area contributed by atoms with Crippen LogP contribution in [0.15, 0.2) is 18.2 Å². The summed E-state index contributed by atoms with van der Waals surface area (Å²) in [5.74, 6) is -1.08. The number of hydrogen-bond acceptors (Lipinski definition) is 5. The van der Waals surface area contributed by atoms with Crippen LogP contribution >= 0.6 is 0 Å². The van der Waals surface area contributed by atoms with E-state index >= 15 is 0 Å². The first-order valence-electron chi connectivity index (χ1n) is 17.0. The number of amides is 1. The van der Waals surface area contributed by atoms with E-state index in [1.165, 1.54) is 18.2 Å². The Kier molecular flexibility index (Phi) is 3.76. The zero-order valence-electron chi connectivity index (χ0n) is 31.0. The van der Waals surface area contributed by atoms with E-state index in [0.717, 1.165) is 12.8 Å². The lowest BCUT2D eigenvalue weighted by molar-refractivity contribution is -0.123. The molecular weight excluding hydrogens is 368 g/mol. The van der Waals surface area contributed by atoms with E-state index in [0.29, 0.717) is 31.2 Å². The van der Waals surface area contributed by atoms with Crippen LogP contribution in [0.4, 0.5) is 0 Å². The smallest absolute Gasteiger partial charge is 0.220 e. The molecule has 29 heavy (non-hydrogen) atoms. The zero-order valence-corrected chi connectivity index (χ0v) is 16.0. The molecule has 6 heteroatoms. The second-order valence-corrected chi connectivity index (χ2v) is 6.69. The van der Waals surface area contributed by atoms with Gasteiger partial charge in [-0.3, -0.25) is 4.79 Å². The molecule has 0 saturated carbocycles. The fourth-order valence-electron chi connectivity index (χ4n) is 3.33. The molecule has 2 atom stereocenters. The van der Waals surface area contributed by atoms with Crippen molar-refractivity contribution >= 4 is 5.91 Å². The van der Waals surface area contributed by atoms with Gasteiger partial charge in [0.05, 0.1) is 6.04 Å². The van der Waals surface area contributed by atoms with E-state index in [-0.39, 0.29) is 18.7 Å². The van der Waals surface area contributed by atoms with E-state index < -0.39 is 63.1 Å². The van der Waals surface area contributed by atoms with Crippen LogP contribution < -0.4 is 14.8 Å². The average Bonchev–Trinajstić information content (AvgIpc) is 3.43. The number of fused-ring (bicyclic) bond motifs is 1. The van der Waals surface area contributed by atoms with Crippen molar-refractivity contribution in [2.24, 2.45) is 0 Å². The maximum Gasteiger partial charge on any atom is 0.220 e. The highest BCUT2D eigenvalue weighted by Gasteiger charge is 2.27. The Morgan fingerprint density at radius 3 is 2.76 bits per heavy atom. The number of rotatable bonds is 11. The Bertz CT molecular complexity index is 1200. The molecule has 3 rings (SSSR count). The van der Waals surface area contributed by atoms with Crippen LogP contribution in [0.25, 0.3) is 0 Å². The summed E-state index contributed by atoms with van der Waals surface area (Å²) in [6, 6.07) is 3.18. The van der Waals surface area contributed by atoms with Gasteiger partial charge in [0.2, 0.25) is 5.91 Å². The molecule has 2 N–H and O–H groups in total. The molecule has 1 aromatic rings. The molecule has 0 spiro atoms. The molecule has 0 radical (unpaired) electrons. The maximum atomic E-state index is 13.4. The summed E-state index contributed by atoms with van der Waals surface area (Å²) in [7, 11) is 0. The van der Waals surface area contributed by atoms with Gasteiger partial charge in [-0.25, -0.2) is 0 Å². The number of likely N-dealkylation sites (tertiary alicyclic amines) is 1. The third kappa shape index (κ3) is 6.61. The second kappa shape index (κ2) is 11.4. The van der Waals surface area contributed by atoms with Gasteiger partial charge in [0.1, 0.15) is 19.3 Å². The van der Waals surface area contributed by atoms with E-state index in [9.17, 15) is 9.90 Å². The van der Waals surface area contributed by atoms with Crippen molar-refractivity contribution in [3.63, 3.8) is 0 Å². The predicted octanol–water partition coefficient (Wildman–Crippen LogP) is 3.43. The van der Waals surface area contributed by atoms with Crippen LogP contribution in [0.5, 0.6) is 11.5 Å². The molecular formula is C23H36N2O4. The highest BCUT2D eigenvalue weighted by molar-refractivity contribution is 5.76. The number of carbonyl (C=O) groups excluding carboxylic acids is 1. The molecule has 2 heterocycles. The summed E-state index contributed by atoms with van der Waals surface area (Å²) in [5.41, 5.74) is 0.231. The van der Waals surface area contributed by atoms with Gasteiger partial charge in [-0.2, -0.15) is 0 Å². The molecule has 2 aliphatic heterocycles. The highest BCUT2D eigenvalue weighted by atomic mass is 16.6. The lowest BCUT2D eigenvalue weighted by atomic mass is 10.0. The molecule has 0 aliphatic carbocycles. The first-order valence-corrected chi connectivity index (χ1v) is 9.45. The standard InChI is InChI=1S/C23H36N2O4/c1-2-3-4-5-6-9-22(26)24-19(17-25-12-7-8-13-25)23(27)18-10-11-20-21(16-18)29-15-14-28-20/h10-11,16,19,23,27H,2-9,12-15,17H2,1H3,(H,24,26)/t19-,23+/m0/s1/i1D3,2D2,3D2,4D2,5D2,6D2,9D2. The van der Waals surface area contributed by atoms with Gasteiger partial charge in [-0.15, -0.1) is 0 Å². The van der Waals surface area contributed by atoms with E-state index in [1.807, 2.05) is 4.90 Å². The van der Waals surface area contributed by atoms with Crippen molar-refractivity contribution in [3.05, 3.63) is 23.8 Å². The minimum Gasteiger partial charge on any atom is -0.486 e. The average molecular weight is 420 g/mol. The van der Waals surface area contributed by atoms with Crippen LogP contribution in [0.3, 0.4) is 0 Å². The van der Waals surface area contributed by atoms with Crippen molar-refractivity contribution in [1.82, 2.24) is 10.2 Å². The van der Waals surface area contributed by atoms with Crippen LogP contribution in [0, 0.1) is 0 Å². The molecule has 1 fully saturated rings. The largest absolute Gasteiger partial charge is 0.486 e. The van der Waals surface area contributed by atoms with Gasteiger partial charge in [0, 0.05) is 33.5 Å². The molecule has 0 aromatic heterocycles. The van der Waals surface area contributed by atoms with Crippen LogP contribution in [0.2, 0.25) is 0 Å². The number of hydrogen-bond donors (Lipinski definition) is 2. The predicted molar refractivity (Wildman–Crippen MR) is 113 cm³/mol. The van der Waals surface area contributed by atoms with Gasteiger partial charge < -0.3 is 24.8 Å². The fourth-order valence-corrected chi connectivity index (χ4v) is 3.33. The zero-order chi connectivity index (χ0) is 33.7. The SMILES string of the molecule is [2H]C([2H])([2H])C([2H])([2H])C([2H])([2H])C([2H])([2H])C([2H])([2H])C([2H])([2H])C([2H])([2H])C(=O)N[C@@H](CN1CCCC1)[C@H](O)c1ccc2c(c1)OCCO2. The number of benzene rings is 1. The van der Waals surface area contributed by atoms with Gasteiger partial charge in [-0.05, 0) is 50.0 Å². The third-order valence-corrected chi connectivity index (χ3v) is 4.68. The van der Waals surface area contributed by atoms with Crippen molar-refractivity contribution < 1.29 is 39.9 Å². The quantitative estimate of drug-likeness (QED) is 0.575. The summed E-state index contributed by atoms with van der Waals surface area (Å²) < 4.78 is 130. The number of ether oxygens (including phenoxy) is 2. The third-order valence-electron chi connectivity index (χ3n) is 4.68. The molecule has 1 aromatic carbocycles. The van der Waals surface area contributed by atoms with Crippen molar-refractivity contribution in [1.29, 1.82) is 0 Å². The number of aliphatic hydroxyl groups excluding tert-OH is 1. The van der Waals surface area contributed by atoms with Crippen LogP contribution in [-0.2, 0) is 4.79 Å². The second-order valence-electron chi connectivity index (χ2n) is 6.69.